The van der Waals surface area contributed by atoms with E-state index in [1.807, 2.05) is 18.3 Å². The number of hydrogen-bond donors (Lipinski definition) is 1. The molecule has 1 fully saturated rings. The predicted molar refractivity (Wildman–Crippen MR) is 108 cm³/mol. The molecule has 0 bridgehead atoms. The number of carbonyl (C=O) groups excluding carboxylic acids is 1. The lowest BCUT2D eigenvalue weighted by Crippen LogP contribution is -2.46. The highest BCUT2D eigenvalue weighted by Gasteiger charge is 2.16. The molecular formula is C20H25FN4OS. The van der Waals surface area contributed by atoms with Crippen molar-refractivity contribution in [2.75, 3.05) is 43.4 Å². The molecule has 1 saturated heterocycles. The van der Waals surface area contributed by atoms with Crippen LogP contribution in [-0.4, -0.2) is 54.3 Å². The monoisotopic (exact) mass is 388 g/mol. The first-order valence-electron chi connectivity index (χ1n) is 9.22. The summed E-state index contributed by atoms with van der Waals surface area (Å²) < 4.78 is 13.6. The Morgan fingerprint density at radius 3 is 2.63 bits per heavy atom. The van der Waals surface area contributed by atoms with E-state index in [0.717, 1.165) is 44.1 Å². The Labute approximate surface area is 164 Å². The minimum absolute atomic E-state index is 0.122. The number of benzene rings is 1. The van der Waals surface area contributed by atoms with Crippen LogP contribution in [-0.2, 0) is 11.3 Å². The van der Waals surface area contributed by atoms with E-state index in [-0.39, 0.29) is 17.5 Å². The lowest BCUT2D eigenvalue weighted by atomic mass is 10.2. The minimum atomic E-state index is -0.296. The number of carbonyl (C=O) groups is 1. The number of aromatic nitrogens is 1. The van der Waals surface area contributed by atoms with E-state index < -0.39 is 0 Å². The van der Waals surface area contributed by atoms with E-state index in [2.05, 4.69) is 27.0 Å². The second-order valence-electron chi connectivity index (χ2n) is 6.44. The van der Waals surface area contributed by atoms with Crippen molar-refractivity contribution in [1.82, 2.24) is 15.2 Å². The lowest BCUT2D eigenvalue weighted by molar-refractivity contribution is -0.118. The summed E-state index contributed by atoms with van der Waals surface area (Å²) in [4.78, 5) is 21.7. The Balaban J connectivity index is 1.43. The van der Waals surface area contributed by atoms with Gasteiger partial charge < -0.3 is 15.1 Å². The van der Waals surface area contributed by atoms with Crippen LogP contribution in [0.3, 0.4) is 0 Å². The van der Waals surface area contributed by atoms with Crippen LogP contribution >= 0.6 is 11.8 Å². The van der Waals surface area contributed by atoms with Crippen LogP contribution in [0.2, 0.25) is 0 Å². The predicted octanol–water partition coefficient (Wildman–Crippen LogP) is 2.77. The van der Waals surface area contributed by atoms with E-state index in [1.54, 1.807) is 18.2 Å². The molecule has 3 rings (SSSR count). The third-order valence-corrected chi connectivity index (χ3v) is 5.69. The van der Waals surface area contributed by atoms with Crippen molar-refractivity contribution in [3.63, 3.8) is 0 Å². The van der Waals surface area contributed by atoms with Gasteiger partial charge >= 0.3 is 0 Å². The fourth-order valence-electron chi connectivity index (χ4n) is 2.96. The Morgan fingerprint density at radius 2 is 1.96 bits per heavy atom. The highest BCUT2D eigenvalue weighted by atomic mass is 32.2. The van der Waals surface area contributed by atoms with Gasteiger partial charge in [-0.05, 0) is 30.3 Å². The lowest BCUT2D eigenvalue weighted by Gasteiger charge is -2.34. The zero-order valence-electron chi connectivity index (χ0n) is 15.5. The molecular weight excluding hydrogens is 363 g/mol. The van der Waals surface area contributed by atoms with Crippen LogP contribution < -0.4 is 10.2 Å². The van der Waals surface area contributed by atoms with Gasteiger partial charge in [0.25, 0.3) is 0 Å². The Bertz CT molecular complexity index is 748. The molecule has 2 heterocycles. The number of anilines is 1. The number of pyridine rings is 1. The standard InChI is InChI=1S/C20H25FN4OS/c1-2-24-9-11-25(12-10-24)19-8-7-16(13-22-19)14-23-20(26)15-27-18-6-4-3-5-17(18)21/h3-8,13H,2,9-12,14-15H2,1H3,(H,23,26). The maximum Gasteiger partial charge on any atom is 0.230 e. The molecule has 0 aliphatic carbocycles. The summed E-state index contributed by atoms with van der Waals surface area (Å²) in [6, 6.07) is 10.5. The molecule has 1 aromatic heterocycles. The molecule has 1 N–H and O–H groups in total. The third-order valence-electron chi connectivity index (χ3n) is 4.64. The number of nitrogens with one attached hydrogen (secondary N) is 1. The van der Waals surface area contributed by atoms with Crippen molar-refractivity contribution in [1.29, 1.82) is 0 Å². The molecule has 0 saturated carbocycles. The fraction of sp³-hybridized carbons (Fsp3) is 0.400. The molecule has 1 aliphatic rings. The van der Waals surface area contributed by atoms with E-state index in [4.69, 9.17) is 0 Å². The first-order chi connectivity index (χ1) is 13.2. The quantitative estimate of drug-likeness (QED) is 0.739. The Morgan fingerprint density at radius 1 is 1.19 bits per heavy atom. The summed E-state index contributed by atoms with van der Waals surface area (Å²) in [6.07, 6.45) is 1.81. The molecule has 2 aromatic rings. The fourth-order valence-corrected chi connectivity index (χ4v) is 3.73. The van der Waals surface area contributed by atoms with E-state index in [1.165, 1.54) is 17.8 Å². The Hall–Kier alpha value is -2.12. The van der Waals surface area contributed by atoms with Gasteiger partial charge in [-0.1, -0.05) is 25.1 Å². The largest absolute Gasteiger partial charge is 0.354 e. The first kappa shape index (κ1) is 19.6. The molecule has 27 heavy (non-hydrogen) atoms. The normalized spacial score (nSPS) is 15.0. The zero-order valence-corrected chi connectivity index (χ0v) is 16.3. The number of piperazine rings is 1. The molecule has 0 atom stereocenters. The van der Waals surface area contributed by atoms with Crippen molar-refractivity contribution < 1.29 is 9.18 Å². The molecule has 0 unspecified atom stereocenters. The molecule has 1 aliphatic heterocycles. The SMILES string of the molecule is CCN1CCN(c2ccc(CNC(=O)CSc3ccccc3F)cn2)CC1. The second-order valence-corrected chi connectivity index (χ2v) is 7.46. The highest BCUT2D eigenvalue weighted by Crippen LogP contribution is 2.20. The number of likely N-dealkylation sites (N-methyl/N-ethyl adjacent to an activating group) is 1. The highest BCUT2D eigenvalue weighted by molar-refractivity contribution is 8.00. The van der Waals surface area contributed by atoms with Gasteiger partial charge in [0.2, 0.25) is 5.91 Å². The average Bonchev–Trinajstić information content (AvgIpc) is 2.72. The number of nitrogens with zero attached hydrogens (tertiary/aromatic N) is 3. The van der Waals surface area contributed by atoms with Gasteiger partial charge in [0, 0.05) is 43.8 Å². The first-order valence-corrected chi connectivity index (χ1v) is 10.2. The summed E-state index contributed by atoms with van der Waals surface area (Å²) in [6.45, 7) is 7.81. The van der Waals surface area contributed by atoms with Crippen molar-refractivity contribution in [3.05, 3.63) is 54.0 Å². The summed E-state index contributed by atoms with van der Waals surface area (Å²) in [5.41, 5.74) is 0.954. The van der Waals surface area contributed by atoms with Crippen molar-refractivity contribution >= 4 is 23.5 Å². The number of thioether (sulfide) groups is 1. The second kappa shape index (κ2) is 9.71. The van der Waals surface area contributed by atoms with Crippen LogP contribution in [0.25, 0.3) is 0 Å². The maximum absolute atomic E-state index is 13.6. The number of hydrogen-bond acceptors (Lipinski definition) is 5. The number of rotatable bonds is 7. The van der Waals surface area contributed by atoms with Crippen LogP contribution in [0, 0.1) is 5.82 Å². The van der Waals surface area contributed by atoms with Gasteiger partial charge in [0.05, 0.1) is 5.75 Å². The minimum Gasteiger partial charge on any atom is -0.354 e. The molecule has 0 spiro atoms. The molecule has 1 aromatic carbocycles. The number of amides is 1. The Kier molecular flexibility index (Phi) is 7.06. The molecule has 7 heteroatoms. The van der Waals surface area contributed by atoms with Gasteiger partial charge in [-0.25, -0.2) is 9.37 Å². The zero-order chi connectivity index (χ0) is 19.1. The molecule has 5 nitrogen and oxygen atoms in total. The summed E-state index contributed by atoms with van der Waals surface area (Å²) >= 11 is 1.20. The smallest absolute Gasteiger partial charge is 0.230 e. The van der Waals surface area contributed by atoms with Gasteiger partial charge in [-0.3, -0.25) is 4.79 Å². The van der Waals surface area contributed by atoms with Gasteiger partial charge in [-0.15, -0.1) is 11.8 Å². The van der Waals surface area contributed by atoms with Gasteiger partial charge in [0.1, 0.15) is 11.6 Å². The molecule has 144 valence electrons. The summed E-state index contributed by atoms with van der Waals surface area (Å²) in [5.74, 6) is 0.752. The van der Waals surface area contributed by atoms with Crippen molar-refractivity contribution in [2.45, 2.75) is 18.4 Å². The van der Waals surface area contributed by atoms with E-state index >= 15 is 0 Å². The average molecular weight is 389 g/mol. The van der Waals surface area contributed by atoms with Gasteiger partial charge in [-0.2, -0.15) is 0 Å². The van der Waals surface area contributed by atoms with E-state index in [0.29, 0.717) is 11.4 Å². The molecule has 0 radical (unpaired) electrons. The number of halogens is 1. The maximum atomic E-state index is 13.6. The van der Waals surface area contributed by atoms with Gasteiger partial charge in [0.15, 0.2) is 0 Å². The summed E-state index contributed by atoms with van der Waals surface area (Å²) in [7, 11) is 0. The third kappa shape index (κ3) is 5.68. The van der Waals surface area contributed by atoms with Crippen LogP contribution in [0.1, 0.15) is 12.5 Å². The van der Waals surface area contributed by atoms with Crippen molar-refractivity contribution in [3.8, 4) is 0 Å². The molecule has 1 amide bonds. The summed E-state index contributed by atoms with van der Waals surface area (Å²) in [5, 5.41) is 2.86. The van der Waals surface area contributed by atoms with E-state index in [9.17, 15) is 9.18 Å². The van der Waals surface area contributed by atoms with Crippen molar-refractivity contribution in [2.24, 2.45) is 0 Å². The van der Waals surface area contributed by atoms with Crippen LogP contribution in [0.4, 0.5) is 10.2 Å². The topological polar surface area (TPSA) is 48.5 Å². The van der Waals surface area contributed by atoms with Crippen LogP contribution in [0.5, 0.6) is 0 Å². The van der Waals surface area contributed by atoms with Crippen LogP contribution in [0.15, 0.2) is 47.5 Å².